The molecule has 0 saturated heterocycles. The Bertz CT molecular complexity index is 676. The summed E-state index contributed by atoms with van der Waals surface area (Å²) in [6, 6.07) is 5.22. The first kappa shape index (κ1) is 13.6. The van der Waals surface area contributed by atoms with Crippen LogP contribution in [0.5, 0.6) is 0 Å². The summed E-state index contributed by atoms with van der Waals surface area (Å²) >= 11 is 0. The lowest BCUT2D eigenvalue weighted by atomic mass is 9.82. The summed E-state index contributed by atoms with van der Waals surface area (Å²) in [4.78, 5) is 24.0. The molecule has 0 aliphatic rings. The van der Waals surface area contributed by atoms with Crippen LogP contribution < -0.4 is 5.76 Å². The molecule has 102 valence electrons. The van der Waals surface area contributed by atoms with Crippen molar-refractivity contribution < 1.29 is 9.21 Å². The minimum Gasteiger partial charge on any atom is -0.408 e. The monoisotopic (exact) mass is 261 g/mol. The zero-order valence-electron chi connectivity index (χ0n) is 11.8. The minimum atomic E-state index is -0.401. The lowest BCUT2D eigenvalue weighted by Gasteiger charge is -2.20. The lowest BCUT2D eigenvalue weighted by Crippen LogP contribution is -2.23. The van der Waals surface area contributed by atoms with E-state index in [1.807, 2.05) is 27.7 Å². The van der Waals surface area contributed by atoms with Crippen LogP contribution in [-0.4, -0.2) is 10.4 Å². The number of nitrogens with zero attached hydrogens (tertiary/aromatic N) is 1. The number of aromatic nitrogens is 1. The van der Waals surface area contributed by atoms with Crippen LogP contribution in [0, 0.1) is 5.41 Å². The molecule has 2 rings (SSSR count). The van der Waals surface area contributed by atoms with Gasteiger partial charge in [0.25, 0.3) is 0 Å². The van der Waals surface area contributed by atoms with E-state index in [9.17, 15) is 9.59 Å². The van der Waals surface area contributed by atoms with Gasteiger partial charge in [0.2, 0.25) is 0 Å². The summed E-state index contributed by atoms with van der Waals surface area (Å²) in [7, 11) is 0. The number of hydrogen-bond acceptors (Lipinski definition) is 3. The molecule has 0 radical (unpaired) electrons. The molecule has 1 heterocycles. The van der Waals surface area contributed by atoms with E-state index in [4.69, 9.17) is 4.42 Å². The fraction of sp³-hybridized carbons (Fsp3) is 0.467. The van der Waals surface area contributed by atoms with Crippen LogP contribution >= 0.6 is 0 Å². The van der Waals surface area contributed by atoms with Gasteiger partial charge in [-0.2, -0.15) is 0 Å². The van der Waals surface area contributed by atoms with Gasteiger partial charge in [0.1, 0.15) is 0 Å². The number of carbonyl (C=O) groups is 1. The SMILES string of the molecule is CCn1c(=O)oc2cc(C(=O)C(C)(C)CC)ccc21. The molecule has 0 N–H and O–H groups in total. The van der Waals surface area contributed by atoms with Gasteiger partial charge in [-0.05, 0) is 31.5 Å². The number of fused-ring (bicyclic) bond motifs is 1. The fourth-order valence-corrected chi connectivity index (χ4v) is 2.06. The average molecular weight is 261 g/mol. The molecule has 19 heavy (non-hydrogen) atoms. The molecule has 0 saturated carbocycles. The topological polar surface area (TPSA) is 52.2 Å². The van der Waals surface area contributed by atoms with Gasteiger partial charge < -0.3 is 4.42 Å². The van der Waals surface area contributed by atoms with E-state index < -0.39 is 5.41 Å². The third kappa shape index (κ3) is 2.23. The molecule has 4 heteroatoms. The van der Waals surface area contributed by atoms with Gasteiger partial charge >= 0.3 is 5.76 Å². The summed E-state index contributed by atoms with van der Waals surface area (Å²) in [6.45, 7) is 8.28. The lowest BCUT2D eigenvalue weighted by molar-refractivity contribution is 0.0833. The number of oxazole rings is 1. The van der Waals surface area contributed by atoms with Crippen molar-refractivity contribution in [3.05, 3.63) is 34.3 Å². The van der Waals surface area contributed by atoms with Gasteiger partial charge in [-0.3, -0.25) is 9.36 Å². The second-order valence-corrected chi connectivity index (χ2v) is 5.36. The average Bonchev–Trinajstić information content (AvgIpc) is 2.71. The maximum Gasteiger partial charge on any atom is 0.419 e. The Labute approximate surface area is 112 Å². The highest BCUT2D eigenvalue weighted by Gasteiger charge is 2.27. The van der Waals surface area contributed by atoms with Gasteiger partial charge in [-0.15, -0.1) is 0 Å². The van der Waals surface area contributed by atoms with Crippen molar-refractivity contribution in [2.75, 3.05) is 0 Å². The highest BCUT2D eigenvalue weighted by atomic mass is 16.4. The van der Waals surface area contributed by atoms with Gasteiger partial charge in [0, 0.05) is 17.5 Å². The molecule has 0 spiro atoms. The Morgan fingerprint density at radius 2 is 2.00 bits per heavy atom. The molecule has 0 aliphatic carbocycles. The number of hydrogen-bond donors (Lipinski definition) is 0. The van der Waals surface area contributed by atoms with Crippen molar-refractivity contribution in [2.45, 2.75) is 40.7 Å². The summed E-state index contributed by atoms with van der Waals surface area (Å²) in [5.74, 6) is -0.305. The number of carbonyl (C=O) groups excluding carboxylic acids is 1. The zero-order valence-corrected chi connectivity index (χ0v) is 11.8. The quantitative estimate of drug-likeness (QED) is 0.794. The molecule has 1 aromatic carbocycles. The fourth-order valence-electron chi connectivity index (χ4n) is 2.06. The summed E-state index contributed by atoms with van der Waals surface area (Å²) in [6.07, 6.45) is 0.768. The molecule has 0 amide bonds. The first-order valence-electron chi connectivity index (χ1n) is 6.59. The molecule has 0 atom stereocenters. The van der Waals surface area contributed by atoms with E-state index >= 15 is 0 Å². The normalized spacial score (nSPS) is 12.0. The van der Waals surface area contributed by atoms with Gasteiger partial charge in [-0.1, -0.05) is 20.8 Å². The second-order valence-electron chi connectivity index (χ2n) is 5.36. The van der Waals surface area contributed by atoms with Gasteiger partial charge in [0.15, 0.2) is 11.4 Å². The van der Waals surface area contributed by atoms with Crippen LogP contribution in [0.2, 0.25) is 0 Å². The Kier molecular flexibility index (Phi) is 3.35. The van der Waals surface area contributed by atoms with E-state index in [1.165, 1.54) is 0 Å². The first-order valence-corrected chi connectivity index (χ1v) is 6.59. The van der Waals surface area contributed by atoms with Crippen LogP contribution in [0.25, 0.3) is 11.1 Å². The standard InChI is InChI=1S/C15H19NO3/c1-5-15(3,4)13(17)10-7-8-11-12(9-10)19-14(18)16(11)6-2/h7-9H,5-6H2,1-4H3. The largest absolute Gasteiger partial charge is 0.419 e. The molecule has 1 aromatic heterocycles. The third-order valence-electron chi connectivity index (χ3n) is 3.75. The maximum absolute atomic E-state index is 12.4. The number of ketones is 1. The van der Waals surface area contributed by atoms with Crippen molar-refractivity contribution in [2.24, 2.45) is 5.41 Å². The van der Waals surface area contributed by atoms with E-state index in [0.717, 1.165) is 11.9 Å². The van der Waals surface area contributed by atoms with Crippen molar-refractivity contribution in [3.8, 4) is 0 Å². The number of aryl methyl sites for hydroxylation is 1. The van der Waals surface area contributed by atoms with Crippen molar-refractivity contribution in [3.63, 3.8) is 0 Å². The number of rotatable bonds is 4. The highest BCUT2D eigenvalue weighted by molar-refractivity contribution is 6.02. The second kappa shape index (κ2) is 4.68. The summed E-state index contributed by atoms with van der Waals surface area (Å²) in [5.41, 5.74) is 1.40. The van der Waals surface area contributed by atoms with Gasteiger partial charge in [-0.25, -0.2) is 4.79 Å². The Balaban J connectivity index is 2.54. The predicted molar refractivity (Wildman–Crippen MR) is 74.6 cm³/mol. The Morgan fingerprint density at radius 3 is 2.58 bits per heavy atom. The van der Waals surface area contributed by atoms with Crippen LogP contribution in [0.1, 0.15) is 44.5 Å². The molecule has 0 fully saturated rings. The summed E-state index contributed by atoms with van der Waals surface area (Å²) in [5, 5.41) is 0. The Morgan fingerprint density at radius 1 is 1.32 bits per heavy atom. The van der Waals surface area contributed by atoms with E-state index in [-0.39, 0.29) is 11.5 Å². The molecule has 2 aromatic rings. The first-order chi connectivity index (χ1) is 8.90. The van der Waals surface area contributed by atoms with E-state index in [0.29, 0.717) is 17.7 Å². The van der Waals surface area contributed by atoms with Gasteiger partial charge in [0.05, 0.1) is 5.52 Å². The van der Waals surface area contributed by atoms with Crippen LogP contribution in [0.3, 0.4) is 0 Å². The van der Waals surface area contributed by atoms with Crippen molar-refractivity contribution >= 4 is 16.9 Å². The minimum absolute atomic E-state index is 0.0730. The smallest absolute Gasteiger partial charge is 0.408 e. The Hall–Kier alpha value is -1.84. The third-order valence-corrected chi connectivity index (χ3v) is 3.75. The molecular formula is C15H19NO3. The molecule has 0 aliphatic heterocycles. The highest BCUT2D eigenvalue weighted by Crippen LogP contribution is 2.27. The number of benzene rings is 1. The van der Waals surface area contributed by atoms with E-state index in [2.05, 4.69) is 0 Å². The zero-order chi connectivity index (χ0) is 14.2. The predicted octanol–water partition coefficient (Wildman–Crippen LogP) is 3.23. The van der Waals surface area contributed by atoms with Crippen LogP contribution in [-0.2, 0) is 6.54 Å². The van der Waals surface area contributed by atoms with Crippen molar-refractivity contribution in [1.29, 1.82) is 0 Å². The van der Waals surface area contributed by atoms with Crippen molar-refractivity contribution in [1.82, 2.24) is 4.57 Å². The molecule has 4 nitrogen and oxygen atoms in total. The molecular weight excluding hydrogens is 242 g/mol. The molecule has 0 bridgehead atoms. The van der Waals surface area contributed by atoms with E-state index in [1.54, 1.807) is 22.8 Å². The van der Waals surface area contributed by atoms with Crippen LogP contribution in [0.15, 0.2) is 27.4 Å². The maximum atomic E-state index is 12.4. The molecule has 0 unspecified atom stereocenters. The number of Topliss-reactive ketones (excluding diaryl/α,β-unsaturated/α-hetero) is 1. The van der Waals surface area contributed by atoms with Crippen LogP contribution in [0.4, 0.5) is 0 Å². The summed E-state index contributed by atoms with van der Waals surface area (Å²) < 4.78 is 6.73.